The summed E-state index contributed by atoms with van der Waals surface area (Å²) in [5.41, 5.74) is 0. The lowest BCUT2D eigenvalue weighted by Crippen LogP contribution is -2.85. The van der Waals surface area contributed by atoms with Crippen molar-refractivity contribution in [3.8, 4) is 0 Å². The highest BCUT2D eigenvalue weighted by Crippen LogP contribution is 2.48. The molecule has 12 bridgehead atoms. The van der Waals surface area contributed by atoms with Crippen LogP contribution in [0.25, 0.3) is 0 Å². The van der Waals surface area contributed by atoms with Crippen molar-refractivity contribution in [2.75, 3.05) is 0 Å². The lowest BCUT2D eigenvalue weighted by atomic mass is 11.9. The maximum absolute atomic E-state index is 6.78. The second kappa shape index (κ2) is 8.91. The maximum Gasteiger partial charge on any atom is 0.475 e. The van der Waals surface area contributed by atoms with E-state index in [1.54, 1.807) is 78.6 Å². The fourth-order valence-electron chi connectivity index (χ4n) is 6.81. The predicted octanol–water partition coefficient (Wildman–Crippen LogP) is 1.20. The van der Waals surface area contributed by atoms with Crippen LogP contribution in [0.3, 0.4) is 0 Å². The molecule has 8 rings (SSSR count). The Balaban J connectivity index is 1.60. The number of hydrogen-bond donors (Lipinski definition) is 0. The van der Waals surface area contributed by atoms with E-state index < -0.39 is 106 Å². The molecule has 0 aromatic carbocycles. The Kier molecular flexibility index (Phi) is 6.88. The van der Waals surface area contributed by atoms with Crippen LogP contribution < -0.4 is 0 Å². The fraction of sp³-hybridized carbons (Fsp3) is 1.00. The topological polar surface area (TPSA) is 166 Å². The van der Waals surface area contributed by atoms with Gasteiger partial charge in [-0.2, -0.15) is 0 Å². The van der Waals surface area contributed by atoms with Crippen LogP contribution >= 0.6 is 0 Å². The van der Waals surface area contributed by atoms with Crippen LogP contribution in [0.2, 0.25) is 78.6 Å². The van der Waals surface area contributed by atoms with Crippen molar-refractivity contribution in [3.63, 3.8) is 0 Å². The van der Waals surface area contributed by atoms with Gasteiger partial charge in [0.1, 0.15) is 0 Å². The van der Waals surface area contributed by atoms with Crippen molar-refractivity contribution in [1.29, 1.82) is 0 Å². The Labute approximate surface area is 257 Å². The van der Waals surface area contributed by atoms with Gasteiger partial charge in [-0.25, -0.2) is 0 Å². The van der Waals surface area contributed by atoms with Crippen LogP contribution in [-0.2, 0) is 74.1 Å². The van der Waals surface area contributed by atoms with Gasteiger partial charge >= 0.3 is 106 Å². The molecule has 0 aliphatic carbocycles. The molecule has 0 saturated carbocycles. The van der Waals surface area contributed by atoms with Crippen molar-refractivity contribution in [2.45, 2.75) is 78.6 Å². The van der Waals surface area contributed by atoms with Crippen LogP contribution in [0.5, 0.6) is 0 Å². The summed E-state index contributed by atoms with van der Waals surface area (Å²) >= 11 is 0. The van der Waals surface area contributed by atoms with E-state index in [0.717, 1.165) is 0 Å². The summed E-state index contributed by atoms with van der Waals surface area (Å²) in [5.74, 6) is 0. The third-order valence-corrected chi connectivity index (χ3v) is 60.1. The largest absolute Gasteiger partial charge is 0.475 e. The second-order valence-corrected chi connectivity index (χ2v) is 47.6. The Morgan fingerprint density at radius 1 is 0.143 bits per heavy atom. The van der Waals surface area contributed by atoms with Crippen molar-refractivity contribution in [1.82, 2.24) is 0 Å². The maximum atomic E-state index is 6.78. The molecule has 8 fully saturated rings. The van der Waals surface area contributed by atoms with Gasteiger partial charge in [-0.15, -0.1) is 0 Å². The molecule has 0 amide bonds. The van der Waals surface area contributed by atoms with E-state index in [1.807, 2.05) is 0 Å². The van der Waals surface area contributed by atoms with Gasteiger partial charge < -0.3 is 74.1 Å². The van der Waals surface area contributed by atoms with E-state index in [2.05, 4.69) is 0 Å². The molecule has 8 aliphatic rings. The lowest BCUT2D eigenvalue weighted by Gasteiger charge is -2.60. The summed E-state index contributed by atoms with van der Waals surface area (Å²) in [6, 6.07) is 0. The monoisotopic (exact) mass is 804 g/mol. The van der Waals surface area contributed by atoms with Crippen LogP contribution in [0, 0.1) is 0 Å². The highest BCUT2D eigenvalue weighted by atomic mass is 28.6. The third-order valence-electron chi connectivity index (χ3n) is 6.67. The highest BCUT2D eigenvalue weighted by Gasteiger charge is 2.79. The van der Waals surface area contributed by atoms with Gasteiger partial charge in [0.15, 0.2) is 0 Å². The van der Waals surface area contributed by atoms with E-state index in [1.165, 1.54) is 0 Å². The van der Waals surface area contributed by atoms with Crippen molar-refractivity contribution in [3.05, 3.63) is 0 Å². The van der Waals surface area contributed by atoms with Crippen LogP contribution in [0.15, 0.2) is 0 Å². The summed E-state index contributed by atoms with van der Waals surface area (Å²) in [7, 11) is -46.6. The van der Waals surface area contributed by atoms with Crippen LogP contribution in [0.1, 0.15) is 0 Å². The summed E-state index contributed by atoms with van der Waals surface area (Å²) in [4.78, 5) is 0. The molecule has 18 nitrogen and oxygen atoms in total. The first kappa shape index (κ1) is 32.4. The third kappa shape index (κ3) is 5.80. The van der Waals surface area contributed by atoms with Gasteiger partial charge in [0.05, 0.1) is 0 Å². The van der Waals surface area contributed by atoms with Crippen LogP contribution in [-0.4, -0.2) is 106 Å². The molecule has 0 aromatic heterocycles. The average Bonchev–Trinajstić information content (AvgIpc) is 2.53. The SMILES string of the molecule is C[Si]12O[Si]3(C)O[Si]4(C)O[Si](C)(O1)O[Si]1(C)O[Si]5(C)O[Si]6(C)O[Si](C)(O1)O[Si](C)(O2)O[Si](C)(O3)O[Si](C)(O6)O[Si](C)(O5)O4. The van der Waals surface area contributed by atoms with Gasteiger partial charge in [-0.1, -0.05) is 0 Å². The molecule has 0 atom stereocenters. The lowest BCUT2D eigenvalue weighted by molar-refractivity contribution is -0.0146. The highest BCUT2D eigenvalue weighted by molar-refractivity contribution is 7.03. The molecule has 240 valence electrons. The molecular formula is C12H36O18Si12. The molecule has 30 heteroatoms. The summed E-state index contributed by atoms with van der Waals surface area (Å²) in [6.45, 7) is 20.5. The zero-order valence-corrected chi connectivity index (χ0v) is 37.3. The zero-order chi connectivity index (χ0) is 30.7. The van der Waals surface area contributed by atoms with E-state index in [4.69, 9.17) is 74.1 Å². The molecular weight excluding hydrogens is 769 g/mol. The quantitative estimate of drug-likeness (QED) is 0.321. The Morgan fingerprint density at radius 3 is 0.238 bits per heavy atom. The van der Waals surface area contributed by atoms with Gasteiger partial charge in [-0.05, 0) is 0 Å². The standard InChI is InChI=1S/C12H36O18Si12/c1-31-13-39(9)16-34(4)23-37(7)19-40(10,29-39)14-32(2,21-31)26-36(6)18-41(11)15-33(3,25-31)22-35(5,27-34)17-42(12,30-41)20-38(8,24-36)28-37/h1-12H3. The van der Waals surface area contributed by atoms with E-state index in [9.17, 15) is 0 Å². The molecule has 0 spiro atoms. The molecule has 0 unspecified atom stereocenters. The Bertz CT molecular complexity index is 984. The normalized spacial score (nSPS) is 66.0. The molecule has 8 heterocycles. The molecule has 8 saturated heterocycles. The predicted molar refractivity (Wildman–Crippen MR) is 159 cm³/mol. The zero-order valence-electron chi connectivity index (χ0n) is 25.3. The molecule has 8 aliphatic heterocycles. The van der Waals surface area contributed by atoms with Crippen LogP contribution in [0.4, 0.5) is 0 Å². The van der Waals surface area contributed by atoms with Crippen molar-refractivity contribution < 1.29 is 74.1 Å². The van der Waals surface area contributed by atoms with Gasteiger partial charge in [0.25, 0.3) is 0 Å². The van der Waals surface area contributed by atoms with Crippen molar-refractivity contribution >= 4 is 106 Å². The first-order valence-corrected chi connectivity index (χ1v) is 40.0. The van der Waals surface area contributed by atoms with Gasteiger partial charge in [0.2, 0.25) is 0 Å². The average molecular weight is 805 g/mol. The summed E-state index contributed by atoms with van der Waals surface area (Å²) in [6.07, 6.45) is 0. The smallest absolute Gasteiger partial charge is 0.374 e. The van der Waals surface area contributed by atoms with Gasteiger partial charge in [-0.3, -0.25) is 0 Å². The first-order chi connectivity index (χ1) is 18.7. The van der Waals surface area contributed by atoms with E-state index >= 15 is 0 Å². The second-order valence-electron chi connectivity index (χ2n) is 12.2. The fourth-order valence-corrected chi connectivity index (χ4v) is 74.8. The molecule has 0 N–H and O–H groups in total. The first-order valence-electron chi connectivity index (χ1n) is 13.3. The van der Waals surface area contributed by atoms with E-state index in [-0.39, 0.29) is 0 Å². The van der Waals surface area contributed by atoms with Crippen molar-refractivity contribution in [2.24, 2.45) is 0 Å². The van der Waals surface area contributed by atoms with E-state index in [0.29, 0.717) is 0 Å². The molecule has 42 heavy (non-hydrogen) atoms. The van der Waals surface area contributed by atoms with Gasteiger partial charge in [0, 0.05) is 78.6 Å². The summed E-state index contributed by atoms with van der Waals surface area (Å²) in [5, 5.41) is 0. The minimum absolute atomic E-state index is 1.70. The number of hydrogen-bond acceptors (Lipinski definition) is 18. The Hall–Kier alpha value is 1.88. The molecule has 0 aromatic rings. The number of rotatable bonds is 0. The minimum Gasteiger partial charge on any atom is -0.374 e. The molecule has 0 radical (unpaired) electrons. The summed E-state index contributed by atoms with van der Waals surface area (Å²) < 4.78 is 121. The minimum atomic E-state index is -3.91. The Morgan fingerprint density at radius 2 is 0.190 bits per heavy atom.